The van der Waals surface area contributed by atoms with E-state index in [0.717, 1.165) is 41.5 Å². The molecule has 0 saturated carbocycles. The molecule has 1 aliphatic rings. The first-order valence-electron chi connectivity index (χ1n) is 10.1. The number of pyridine rings is 1. The molecule has 0 amide bonds. The molecule has 1 aliphatic heterocycles. The summed E-state index contributed by atoms with van der Waals surface area (Å²) in [4.78, 5) is 16.7. The Morgan fingerprint density at radius 2 is 1.84 bits per heavy atom. The predicted molar refractivity (Wildman–Crippen MR) is 118 cm³/mol. The van der Waals surface area contributed by atoms with Crippen molar-refractivity contribution in [2.75, 3.05) is 25.2 Å². The summed E-state index contributed by atoms with van der Waals surface area (Å²) in [7, 11) is 0. The van der Waals surface area contributed by atoms with Crippen molar-refractivity contribution >= 4 is 16.8 Å². The maximum Gasteiger partial charge on any atom is 0.231 e. The van der Waals surface area contributed by atoms with Crippen LogP contribution in [0.4, 0.5) is 5.82 Å². The van der Waals surface area contributed by atoms with Gasteiger partial charge in [0.15, 0.2) is 16.9 Å². The lowest BCUT2D eigenvalue weighted by molar-refractivity contribution is 0.174. The fourth-order valence-electron chi connectivity index (χ4n) is 3.49. The first-order chi connectivity index (χ1) is 15.3. The Morgan fingerprint density at radius 1 is 0.935 bits per heavy atom. The smallest absolute Gasteiger partial charge is 0.231 e. The number of anilines is 1. The standard InChI is InChI=1S/C24H21N3O4/c28-19-13-22(31-20-4-2-1-3-18(19)20)17-7-8-26-24(12-17)27-10-9-25-14-16-5-6-21-23(11-16)30-15-29-21/h1-8,11-13,25H,9-10,14-15H2,(H,26,27). The highest BCUT2D eigenvalue weighted by atomic mass is 16.7. The van der Waals surface area contributed by atoms with E-state index in [9.17, 15) is 4.79 Å². The van der Waals surface area contributed by atoms with Crippen LogP contribution in [0.25, 0.3) is 22.3 Å². The fraction of sp³-hybridized carbons (Fsp3) is 0.167. The van der Waals surface area contributed by atoms with E-state index in [1.165, 1.54) is 6.07 Å². The molecule has 0 unspecified atom stereocenters. The molecule has 0 atom stereocenters. The number of nitrogens with zero attached hydrogens (tertiary/aromatic N) is 1. The highest BCUT2D eigenvalue weighted by Crippen LogP contribution is 2.32. The molecule has 7 heteroatoms. The fourth-order valence-corrected chi connectivity index (χ4v) is 3.49. The van der Waals surface area contributed by atoms with Gasteiger partial charge in [-0.2, -0.15) is 0 Å². The molecule has 0 radical (unpaired) electrons. The van der Waals surface area contributed by atoms with E-state index in [2.05, 4.69) is 15.6 Å². The molecule has 3 heterocycles. The summed E-state index contributed by atoms with van der Waals surface area (Å²) in [5, 5.41) is 7.26. The van der Waals surface area contributed by atoms with Gasteiger partial charge in [-0.05, 0) is 42.0 Å². The lowest BCUT2D eigenvalue weighted by Gasteiger charge is -2.09. The van der Waals surface area contributed by atoms with Crippen LogP contribution >= 0.6 is 0 Å². The maximum absolute atomic E-state index is 12.4. The quantitative estimate of drug-likeness (QED) is 0.444. The van der Waals surface area contributed by atoms with E-state index < -0.39 is 0 Å². The summed E-state index contributed by atoms with van der Waals surface area (Å²) in [6.45, 7) is 2.47. The third kappa shape index (κ3) is 4.22. The summed E-state index contributed by atoms with van der Waals surface area (Å²) < 4.78 is 16.7. The van der Waals surface area contributed by atoms with Crippen molar-refractivity contribution in [2.45, 2.75) is 6.54 Å². The monoisotopic (exact) mass is 415 g/mol. The van der Waals surface area contributed by atoms with Gasteiger partial charge in [-0.15, -0.1) is 0 Å². The van der Waals surface area contributed by atoms with E-state index in [-0.39, 0.29) is 12.2 Å². The molecule has 2 N–H and O–H groups in total. The molecule has 7 nitrogen and oxygen atoms in total. The van der Waals surface area contributed by atoms with Gasteiger partial charge in [0.1, 0.15) is 17.2 Å². The van der Waals surface area contributed by atoms with Crippen molar-refractivity contribution in [1.82, 2.24) is 10.3 Å². The minimum absolute atomic E-state index is 0.0594. The van der Waals surface area contributed by atoms with Crippen LogP contribution in [0.1, 0.15) is 5.56 Å². The number of rotatable bonds is 7. The average Bonchev–Trinajstić information content (AvgIpc) is 3.27. The molecule has 0 saturated heterocycles. The third-order valence-corrected chi connectivity index (χ3v) is 5.05. The van der Waals surface area contributed by atoms with Crippen LogP contribution in [-0.4, -0.2) is 24.9 Å². The minimum Gasteiger partial charge on any atom is -0.456 e. The number of para-hydroxylation sites is 1. The highest BCUT2D eigenvalue weighted by molar-refractivity contribution is 5.78. The van der Waals surface area contributed by atoms with Crippen molar-refractivity contribution in [2.24, 2.45) is 0 Å². The first-order valence-corrected chi connectivity index (χ1v) is 10.1. The van der Waals surface area contributed by atoms with Crippen molar-refractivity contribution < 1.29 is 13.9 Å². The molecule has 0 bridgehead atoms. The molecule has 0 fully saturated rings. The van der Waals surface area contributed by atoms with Gasteiger partial charge in [-0.3, -0.25) is 4.79 Å². The Kier molecular flexibility index (Phi) is 5.24. The van der Waals surface area contributed by atoms with Crippen LogP contribution in [0.15, 0.2) is 76.1 Å². The van der Waals surface area contributed by atoms with Crippen molar-refractivity contribution in [3.8, 4) is 22.8 Å². The first kappa shape index (κ1) is 19.1. The average molecular weight is 415 g/mol. The number of hydrogen-bond donors (Lipinski definition) is 2. The van der Waals surface area contributed by atoms with Crippen LogP contribution in [0.5, 0.6) is 11.5 Å². The summed E-state index contributed by atoms with van der Waals surface area (Å²) in [6, 6.07) is 18.4. The second kappa shape index (κ2) is 8.49. The summed E-state index contributed by atoms with van der Waals surface area (Å²) in [5.41, 5.74) is 2.45. The van der Waals surface area contributed by atoms with E-state index in [1.54, 1.807) is 18.3 Å². The van der Waals surface area contributed by atoms with Gasteiger partial charge in [0.05, 0.1) is 5.39 Å². The predicted octanol–water partition coefficient (Wildman–Crippen LogP) is 3.79. The number of nitrogens with one attached hydrogen (secondary N) is 2. The highest BCUT2D eigenvalue weighted by Gasteiger charge is 2.13. The Bertz CT molecular complexity index is 1290. The van der Waals surface area contributed by atoms with Crippen molar-refractivity contribution in [1.29, 1.82) is 0 Å². The molecule has 5 rings (SSSR count). The van der Waals surface area contributed by atoms with E-state index >= 15 is 0 Å². The second-order valence-corrected chi connectivity index (χ2v) is 7.19. The molecular formula is C24H21N3O4. The lowest BCUT2D eigenvalue weighted by atomic mass is 10.1. The number of benzene rings is 2. The van der Waals surface area contributed by atoms with Crippen molar-refractivity contribution in [3.63, 3.8) is 0 Å². The molecule has 2 aromatic carbocycles. The Hall–Kier alpha value is -3.84. The van der Waals surface area contributed by atoms with Gasteiger partial charge >= 0.3 is 0 Å². The molecular weight excluding hydrogens is 394 g/mol. The number of aromatic nitrogens is 1. The summed E-state index contributed by atoms with van der Waals surface area (Å²) in [5.74, 6) is 2.82. The third-order valence-electron chi connectivity index (χ3n) is 5.05. The van der Waals surface area contributed by atoms with Gasteiger partial charge in [-0.25, -0.2) is 4.98 Å². The molecule has 156 valence electrons. The van der Waals surface area contributed by atoms with Gasteiger partial charge < -0.3 is 24.5 Å². The van der Waals surface area contributed by atoms with Crippen LogP contribution in [0, 0.1) is 0 Å². The minimum atomic E-state index is -0.0594. The van der Waals surface area contributed by atoms with Gasteiger partial charge in [0.25, 0.3) is 0 Å². The zero-order chi connectivity index (χ0) is 21.0. The van der Waals surface area contributed by atoms with Gasteiger partial charge in [0.2, 0.25) is 6.79 Å². The van der Waals surface area contributed by atoms with E-state index in [4.69, 9.17) is 13.9 Å². The topological polar surface area (TPSA) is 85.6 Å². The molecule has 4 aromatic rings. The zero-order valence-electron chi connectivity index (χ0n) is 16.8. The van der Waals surface area contributed by atoms with Crippen LogP contribution < -0.4 is 25.5 Å². The summed E-state index contributed by atoms with van der Waals surface area (Å²) in [6.07, 6.45) is 1.70. The van der Waals surface area contributed by atoms with Crippen LogP contribution in [0.3, 0.4) is 0 Å². The number of hydrogen-bond acceptors (Lipinski definition) is 7. The normalized spacial score (nSPS) is 12.3. The largest absolute Gasteiger partial charge is 0.456 e. The van der Waals surface area contributed by atoms with E-state index in [0.29, 0.717) is 23.3 Å². The molecule has 0 aliphatic carbocycles. The van der Waals surface area contributed by atoms with Crippen LogP contribution in [0.2, 0.25) is 0 Å². The Labute approximate surface area is 178 Å². The van der Waals surface area contributed by atoms with E-state index in [1.807, 2.05) is 42.5 Å². The van der Waals surface area contributed by atoms with Crippen molar-refractivity contribution in [3.05, 3.63) is 82.6 Å². The second-order valence-electron chi connectivity index (χ2n) is 7.19. The van der Waals surface area contributed by atoms with Gasteiger partial charge in [0, 0.05) is 37.5 Å². The molecule has 31 heavy (non-hydrogen) atoms. The Balaban J connectivity index is 1.19. The SMILES string of the molecule is O=c1cc(-c2ccnc(NCCNCc3ccc4c(c3)OCO4)c2)oc2ccccc12. The number of ether oxygens (including phenoxy) is 2. The summed E-state index contributed by atoms with van der Waals surface area (Å²) >= 11 is 0. The zero-order valence-corrected chi connectivity index (χ0v) is 16.8. The molecule has 0 spiro atoms. The maximum atomic E-state index is 12.4. The number of fused-ring (bicyclic) bond motifs is 2. The lowest BCUT2D eigenvalue weighted by Crippen LogP contribution is -2.22. The Morgan fingerprint density at radius 3 is 2.81 bits per heavy atom. The molecule has 2 aromatic heterocycles. The van der Waals surface area contributed by atoms with Gasteiger partial charge in [-0.1, -0.05) is 18.2 Å². The van der Waals surface area contributed by atoms with Crippen LogP contribution in [-0.2, 0) is 6.54 Å².